The molecule has 1 aromatic heterocycles. The lowest BCUT2D eigenvalue weighted by atomic mass is 10.1. The summed E-state index contributed by atoms with van der Waals surface area (Å²) >= 11 is 0. The Kier molecular flexibility index (Phi) is 8.27. The lowest BCUT2D eigenvalue weighted by Gasteiger charge is -2.18. The molecule has 4 amide bonds. The van der Waals surface area contributed by atoms with Gasteiger partial charge in [0, 0.05) is 25.2 Å². The topological polar surface area (TPSA) is 182 Å². The lowest BCUT2D eigenvalue weighted by molar-refractivity contribution is -0.138. The van der Waals surface area contributed by atoms with Crippen molar-refractivity contribution >= 4 is 29.6 Å². The SMILES string of the molecule is CC(=O)NCC(=O)N[C@@H](Cc1cnc[nH]1)C(=O)NCC(=O)NCC(=O)O. The summed E-state index contributed by atoms with van der Waals surface area (Å²) in [5.74, 6) is -3.54. The summed E-state index contributed by atoms with van der Waals surface area (Å²) in [7, 11) is 0. The van der Waals surface area contributed by atoms with Gasteiger partial charge in [-0.2, -0.15) is 0 Å². The summed E-state index contributed by atoms with van der Waals surface area (Å²) in [5, 5.41) is 17.6. The number of nitrogens with zero attached hydrogens (tertiary/aromatic N) is 1. The summed E-state index contributed by atoms with van der Waals surface area (Å²) in [6, 6.07) is -1.02. The fourth-order valence-electron chi connectivity index (χ4n) is 1.80. The molecule has 0 saturated carbocycles. The molecule has 0 saturated heterocycles. The molecule has 0 aliphatic carbocycles. The molecule has 0 fully saturated rings. The molecule has 1 heterocycles. The van der Waals surface area contributed by atoms with Crippen molar-refractivity contribution in [1.82, 2.24) is 31.2 Å². The summed E-state index contributed by atoms with van der Waals surface area (Å²) in [6.45, 7) is -0.0775. The first kappa shape index (κ1) is 20.6. The van der Waals surface area contributed by atoms with Crippen molar-refractivity contribution < 1.29 is 29.1 Å². The van der Waals surface area contributed by atoms with Gasteiger partial charge in [-0.15, -0.1) is 0 Å². The average Bonchev–Trinajstić information content (AvgIpc) is 3.08. The second-order valence-electron chi connectivity index (χ2n) is 5.20. The molecular weight excluding hydrogens is 348 g/mol. The van der Waals surface area contributed by atoms with E-state index < -0.39 is 48.7 Å². The third-order valence-electron chi connectivity index (χ3n) is 2.99. The van der Waals surface area contributed by atoms with Crippen molar-refractivity contribution in [3.63, 3.8) is 0 Å². The van der Waals surface area contributed by atoms with E-state index in [0.717, 1.165) is 0 Å². The molecule has 0 aromatic carbocycles. The second kappa shape index (κ2) is 10.4. The van der Waals surface area contributed by atoms with Gasteiger partial charge < -0.3 is 31.4 Å². The Labute approximate surface area is 148 Å². The lowest BCUT2D eigenvalue weighted by Crippen LogP contribution is -2.52. The molecule has 1 rings (SSSR count). The molecule has 0 aliphatic heterocycles. The third-order valence-corrected chi connectivity index (χ3v) is 2.99. The average molecular weight is 368 g/mol. The van der Waals surface area contributed by atoms with Crippen LogP contribution in [0.2, 0.25) is 0 Å². The van der Waals surface area contributed by atoms with Gasteiger partial charge in [0.25, 0.3) is 0 Å². The highest BCUT2D eigenvalue weighted by atomic mass is 16.4. The number of hydrogen-bond acceptors (Lipinski definition) is 6. The van der Waals surface area contributed by atoms with Crippen LogP contribution >= 0.6 is 0 Å². The molecule has 12 nitrogen and oxygen atoms in total. The largest absolute Gasteiger partial charge is 0.480 e. The molecule has 0 unspecified atom stereocenters. The van der Waals surface area contributed by atoms with E-state index >= 15 is 0 Å². The molecular formula is C14H20N6O6. The fourth-order valence-corrected chi connectivity index (χ4v) is 1.80. The Hall–Kier alpha value is -3.44. The van der Waals surface area contributed by atoms with Crippen LogP contribution in [0.15, 0.2) is 12.5 Å². The predicted molar refractivity (Wildman–Crippen MR) is 86.6 cm³/mol. The van der Waals surface area contributed by atoms with Crippen LogP contribution in [0, 0.1) is 0 Å². The third kappa shape index (κ3) is 8.42. The molecule has 0 bridgehead atoms. The molecule has 0 radical (unpaired) electrons. The van der Waals surface area contributed by atoms with E-state index in [4.69, 9.17) is 5.11 Å². The van der Waals surface area contributed by atoms with Crippen LogP contribution in [0.1, 0.15) is 12.6 Å². The van der Waals surface area contributed by atoms with Crippen molar-refractivity contribution in [2.45, 2.75) is 19.4 Å². The minimum Gasteiger partial charge on any atom is -0.480 e. The number of aromatic amines is 1. The maximum absolute atomic E-state index is 12.2. The summed E-state index contributed by atoms with van der Waals surface area (Å²) in [5.41, 5.74) is 0.570. The van der Waals surface area contributed by atoms with Crippen LogP contribution in [-0.4, -0.2) is 70.3 Å². The smallest absolute Gasteiger partial charge is 0.322 e. The van der Waals surface area contributed by atoms with Gasteiger partial charge in [0.1, 0.15) is 12.6 Å². The number of imidazole rings is 1. The molecule has 26 heavy (non-hydrogen) atoms. The Morgan fingerprint density at radius 3 is 2.35 bits per heavy atom. The molecule has 142 valence electrons. The Morgan fingerprint density at radius 1 is 1.08 bits per heavy atom. The van der Waals surface area contributed by atoms with Gasteiger partial charge in [-0.25, -0.2) is 4.98 Å². The summed E-state index contributed by atoms with van der Waals surface area (Å²) in [6.07, 6.45) is 2.96. The minimum atomic E-state index is -1.22. The first-order chi connectivity index (χ1) is 12.3. The zero-order valence-corrected chi connectivity index (χ0v) is 14.0. The van der Waals surface area contributed by atoms with Gasteiger partial charge in [-0.05, 0) is 0 Å². The zero-order chi connectivity index (χ0) is 19.5. The molecule has 1 aromatic rings. The number of aromatic nitrogens is 2. The van der Waals surface area contributed by atoms with Gasteiger partial charge in [0.15, 0.2) is 0 Å². The van der Waals surface area contributed by atoms with E-state index in [-0.39, 0.29) is 13.0 Å². The standard InChI is InChI=1S/C14H20N6O6/c1-8(21)16-5-12(23)20-10(2-9-3-15-7-19-9)14(26)18-4-11(22)17-6-13(24)25/h3,7,10H,2,4-6H2,1H3,(H,15,19)(H,16,21)(H,17,22)(H,18,26)(H,20,23)(H,24,25)/t10-/m0/s1. The number of amides is 4. The Morgan fingerprint density at radius 2 is 1.77 bits per heavy atom. The van der Waals surface area contributed by atoms with E-state index in [9.17, 15) is 24.0 Å². The van der Waals surface area contributed by atoms with Crippen LogP contribution in [-0.2, 0) is 30.4 Å². The number of carboxylic acid groups (broad SMARTS) is 1. The number of aliphatic carboxylic acids is 1. The number of H-pyrrole nitrogens is 1. The van der Waals surface area contributed by atoms with Gasteiger partial charge in [-0.3, -0.25) is 24.0 Å². The van der Waals surface area contributed by atoms with Crippen LogP contribution in [0.3, 0.4) is 0 Å². The predicted octanol–water partition coefficient (Wildman–Crippen LogP) is -3.11. The number of carbonyl (C=O) groups excluding carboxylic acids is 4. The molecule has 1 atom stereocenters. The maximum atomic E-state index is 12.2. The van der Waals surface area contributed by atoms with Crippen molar-refractivity contribution in [3.05, 3.63) is 18.2 Å². The first-order valence-electron chi connectivity index (χ1n) is 7.55. The van der Waals surface area contributed by atoms with Gasteiger partial charge >= 0.3 is 5.97 Å². The number of nitrogens with one attached hydrogen (secondary N) is 5. The Balaban J connectivity index is 2.60. The monoisotopic (exact) mass is 368 g/mol. The number of carbonyl (C=O) groups is 5. The van der Waals surface area contributed by atoms with Crippen molar-refractivity contribution in [1.29, 1.82) is 0 Å². The maximum Gasteiger partial charge on any atom is 0.322 e. The molecule has 6 N–H and O–H groups in total. The zero-order valence-electron chi connectivity index (χ0n) is 14.0. The van der Waals surface area contributed by atoms with E-state index in [0.29, 0.717) is 5.69 Å². The first-order valence-corrected chi connectivity index (χ1v) is 7.55. The quantitative estimate of drug-likeness (QED) is 0.252. The van der Waals surface area contributed by atoms with Crippen LogP contribution in [0.25, 0.3) is 0 Å². The molecule has 12 heteroatoms. The summed E-state index contributed by atoms with van der Waals surface area (Å²) < 4.78 is 0. The number of hydrogen-bond donors (Lipinski definition) is 6. The highest BCUT2D eigenvalue weighted by Gasteiger charge is 2.22. The van der Waals surface area contributed by atoms with Gasteiger partial charge in [0.2, 0.25) is 23.6 Å². The van der Waals surface area contributed by atoms with Crippen LogP contribution in [0.4, 0.5) is 0 Å². The van der Waals surface area contributed by atoms with Gasteiger partial charge in [-0.1, -0.05) is 0 Å². The second-order valence-corrected chi connectivity index (χ2v) is 5.20. The van der Waals surface area contributed by atoms with E-state index in [2.05, 4.69) is 31.2 Å². The summed E-state index contributed by atoms with van der Waals surface area (Å²) in [4.78, 5) is 63.3. The van der Waals surface area contributed by atoms with E-state index in [1.807, 2.05) is 0 Å². The van der Waals surface area contributed by atoms with Crippen molar-refractivity contribution in [3.8, 4) is 0 Å². The molecule has 0 aliphatic rings. The van der Waals surface area contributed by atoms with Crippen molar-refractivity contribution in [2.75, 3.05) is 19.6 Å². The van der Waals surface area contributed by atoms with Gasteiger partial charge in [0.05, 0.1) is 19.4 Å². The van der Waals surface area contributed by atoms with Crippen LogP contribution < -0.4 is 21.3 Å². The normalized spacial score (nSPS) is 11.1. The Bertz CT molecular complexity index is 659. The van der Waals surface area contributed by atoms with Crippen molar-refractivity contribution in [2.24, 2.45) is 0 Å². The van der Waals surface area contributed by atoms with E-state index in [1.165, 1.54) is 19.4 Å². The fraction of sp³-hybridized carbons (Fsp3) is 0.429. The highest BCUT2D eigenvalue weighted by molar-refractivity contribution is 5.92. The van der Waals surface area contributed by atoms with E-state index in [1.54, 1.807) is 0 Å². The van der Waals surface area contributed by atoms with Crippen LogP contribution in [0.5, 0.6) is 0 Å². The number of rotatable bonds is 10. The minimum absolute atomic E-state index is 0.0778. The highest BCUT2D eigenvalue weighted by Crippen LogP contribution is 1.99. The number of carboxylic acids is 1. The molecule has 0 spiro atoms.